The molecule has 0 unspecified atom stereocenters. The quantitative estimate of drug-likeness (QED) is 0.685. The molecule has 5 nitrogen and oxygen atoms in total. The number of hydrogen-bond donors (Lipinski definition) is 1. The molecule has 26 heavy (non-hydrogen) atoms. The van der Waals surface area contributed by atoms with E-state index in [0.29, 0.717) is 40.9 Å². The molecular weight excluding hydrogens is 353 g/mol. The van der Waals surface area contributed by atoms with Gasteiger partial charge in [0.15, 0.2) is 0 Å². The molecule has 1 N–H and O–H groups in total. The van der Waals surface area contributed by atoms with Crippen molar-refractivity contribution in [1.82, 2.24) is 15.5 Å². The highest BCUT2D eigenvalue weighted by Crippen LogP contribution is 2.20. The summed E-state index contributed by atoms with van der Waals surface area (Å²) in [5, 5.41) is 6.72. The summed E-state index contributed by atoms with van der Waals surface area (Å²) in [5.74, 6) is 1.09. The molecule has 2 aromatic carbocycles. The number of nitrogens with one attached hydrogen (secondary N) is 1. The first-order chi connectivity index (χ1) is 12.6. The van der Waals surface area contributed by atoms with Gasteiger partial charge in [-0.3, -0.25) is 4.79 Å². The van der Waals surface area contributed by atoms with Gasteiger partial charge in [-0.05, 0) is 24.1 Å². The molecule has 0 aliphatic heterocycles. The van der Waals surface area contributed by atoms with Gasteiger partial charge in [0.1, 0.15) is 5.82 Å². The van der Waals surface area contributed by atoms with Crippen LogP contribution >= 0.6 is 11.8 Å². The lowest BCUT2D eigenvalue weighted by Gasteiger charge is -2.04. The fraction of sp³-hybridized carbons (Fsp3) is 0.211. The first-order valence-electron chi connectivity index (χ1n) is 8.09. The molecule has 0 aliphatic rings. The summed E-state index contributed by atoms with van der Waals surface area (Å²) >= 11 is 1.38. The number of hydrogen-bond acceptors (Lipinski definition) is 5. The van der Waals surface area contributed by atoms with E-state index in [-0.39, 0.29) is 11.7 Å². The number of halogens is 1. The van der Waals surface area contributed by atoms with E-state index in [0.717, 1.165) is 5.56 Å². The molecule has 1 heterocycles. The molecule has 134 valence electrons. The molecule has 0 radical (unpaired) electrons. The second-order valence-electron chi connectivity index (χ2n) is 5.73. The van der Waals surface area contributed by atoms with Crippen LogP contribution in [0.25, 0.3) is 11.4 Å². The minimum atomic E-state index is -0.307. The Morgan fingerprint density at radius 1 is 1.23 bits per heavy atom. The zero-order chi connectivity index (χ0) is 18.4. The highest BCUT2D eigenvalue weighted by Gasteiger charge is 2.11. The molecule has 0 bridgehead atoms. The lowest BCUT2D eigenvalue weighted by atomic mass is 10.1. The Labute approximate surface area is 155 Å². The van der Waals surface area contributed by atoms with Gasteiger partial charge in [-0.15, -0.1) is 11.8 Å². The minimum absolute atomic E-state index is 0.0563. The first kappa shape index (κ1) is 18.1. The number of thioether (sulfide) groups is 1. The lowest BCUT2D eigenvalue weighted by molar-refractivity contribution is -0.118. The number of amides is 1. The van der Waals surface area contributed by atoms with E-state index >= 15 is 0 Å². The third kappa shape index (κ3) is 4.92. The molecule has 3 aromatic rings. The Bertz CT molecular complexity index is 884. The largest absolute Gasteiger partial charge is 0.351 e. The van der Waals surface area contributed by atoms with Gasteiger partial charge in [0.25, 0.3) is 0 Å². The predicted octanol–water partition coefficient (Wildman–Crippen LogP) is 3.73. The number of nitrogens with zero attached hydrogens (tertiary/aromatic N) is 2. The van der Waals surface area contributed by atoms with Crippen LogP contribution in [-0.2, 0) is 17.1 Å². The highest BCUT2D eigenvalue weighted by molar-refractivity contribution is 7.99. The lowest BCUT2D eigenvalue weighted by Crippen LogP contribution is -2.24. The van der Waals surface area contributed by atoms with Gasteiger partial charge in [0, 0.05) is 12.1 Å². The Morgan fingerprint density at radius 3 is 2.81 bits per heavy atom. The smallest absolute Gasteiger partial charge is 0.236 e. The molecule has 1 aromatic heterocycles. The van der Waals surface area contributed by atoms with Gasteiger partial charge in [0.2, 0.25) is 17.6 Å². The second-order valence-corrected chi connectivity index (χ2v) is 6.72. The standard InChI is InChI=1S/C19H18FN3O2S/c1-13-7-8-15(9-16(13)20)19-22-18(25-23-19)12-26-11-17(24)21-10-14-5-3-2-4-6-14/h2-9H,10-12H2,1H3,(H,21,24). The normalized spacial score (nSPS) is 10.7. The van der Waals surface area contributed by atoms with Gasteiger partial charge in [-0.25, -0.2) is 4.39 Å². The zero-order valence-electron chi connectivity index (χ0n) is 14.2. The van der Waals surface area contributed by atoms with Crippen LogP contribution in [0.2, 0.25) is 0 Å². The molecule has 0 fully saturated rings. The van der Waals surface area contributed by atoms with Crippen molar-refractivity contribution in [1.29, 1.82) is 0 Å². The fourth-order valence-electron chi connectivity index (χ4n) is 2.24. The van der Waals surface area contributed by atoms with Crippen LogP contribution in [0.3, 0.4) is 0 Å². The summed E-state index contributed by atoms with van der Waals surface area (Å²) in [6.07, 6.45) is 0. The molecular formula is C19H18FN3O2S. The average molecular weight is 371 g/mol. The molecule has 7 heteroatoms. The maximum absolute atomic E-state index is 13.6. The van der Waals surface area contributed by atoms with E-state index in [2.05, 4.69) is 15.5 Å². The van der Waals surface area contributed by atoms with E-state index < -0.39 is 0 Å². The van der Waals surface area contributed by atoms with Gasteiger partial charge in [-0.2, -0.15) is 4.98 Å². The predicted molar refractivity (Wildman–Crippen MR) is 98.9 cm³/mol. The van der Waals surface area contributed by atoms with Crippen LogP contribution in [0.15, 0.2) is 53.1 Å². The Hall–Kier alpha value is -2.67. The van der Waals surface area contributed by atoms with Crippen molar-refractivity contribution in [2.45, 2.75) is 19.2 Å². The van der Waals surface area contributed by atoms with Crippen LogP contribution in [0.4, 0.5) is 4.39 Å². The Morgan fingerprint density at radius 2 is 2.04 bits per heavy atom. The third-order valence-corrected chi connectivity index (χ3v) is 4.61. The van der Waals surface area contributed by atoms with Gasteiger partial charge in [0.05, 0.1) is 11.5 Å². The van der Waals surface area contributed by atoms with Crippen molar-refractivity contribution in [3.05, 3.63) is 71.4 Å². The number of benzene rings is 2. The Kier molecular flexibility index (Phi) is 6.01. The summed E-state index contributed by atoms with van der Waals surface area (Å²) in [7, 11) is 0. The number of carbonyl (C=O) groups excluding carboxylic acids is 1. The van der Waals surface area contributed by atoms with E-state index in [1.165, 1.54) is 17.8 Å². The maximum atomic E-state index is 13.6. The van der Waals surface area contributed by atoms with Gasteiger partial charge < -0.3 is 9.84 Å². The summed E-state index contributed by atoms with van der Waals surface area (Å²) in [5.41, 5.74) is 2.18. The van der Waals surface area contributed by atoms with Crippen LogP contribution in [-0.4, -0.2) is 21.8 Å². The van der Waals surface area contributed by atoms with Crippen molar-refractivity contribution in [3.63, 3.8) is 0 Å². The van der Waals surface area contributed by atoms with E-state index in [1.807, 2.05) is 30.3 Å². The zero-order valence-corrected chi connectivity index (χ0v) is 15.1. The molecule has 0 spiro atoms. The topological polar surface area (TPSA) is 68.0 Å². The SMILES string of the molecule is Cc1ccc(-c2noc(CSCC(=O)NCc3ccccc3)n2)cc1F. The van der Waals surface area contributed by atoms with Crippen molar-refractivity contribution >= 4 is 17.7 Å². The second kappa shape index (κ2) is 8.62. The molecule has 0 saturated heterocycles. The van der Waals surface area contributed by atoms with Crippen LogP contribution < -0.4 is 5.32 Å². The fourth-order valence-corrected chi connectivity index (χ4v) is 2.92. The third-order valence-electron chi connectivity index (χ3n) is 3.69. The number of carbonyl (C=O) groups is 1. The maximum Gasteiger partial charge on any atom is 0.236 e. The Balaban J connectivity index is 1.46. The van der Waals surface area contributed by atoms with Crippen molar-refractivity contribution in [3.8, 4) is 11.4 Å². The summed E-state index contributed by atoms with van der Waals surface area (Å²) in [4.78, 5) is 16.1. The van der Waals surface area contributed by atoms with Gasteiger partial charge >= 0.3 is 0 Å². The van der Waals surface area contributed by atoms with Crippen molar-refractivity contribution in [2.24, 2.45) is 0 Å². The molecule has 0 aliphatic carbocycles. The van der Waals surface area contributed by atoms with E-state index in [4.69, 9.17) is 4.52 Å². The molecule has 1 amide bonds. The van der Waals surface area contributed by atoms with Gasteiger partial charge in [-0.1, -0.05) is 47.6 Å². The number of aromatic nitrogens is 2. The summed E-state index contributed by atoms with van der Waals surface area (Å²) in [6.45, 7) is 2.20. The highest BCUT2D eigenvalue weighted by atomic mass is 32.2. The average Bonchev–Trinajstić information content (AvgIpc) is 3.12. The molecule has 3 rings (SSSR count). The van der Waals surface area contributed by atoms with Crippen molar-refractivity contribution in [2.75, 3.05) is 5.75 Å². The minimum Gasteiger partial charge on any atom is -0.351 e. The van der Waals surface area contributed by atoms with Crippen LogP contribution in [0.5, 0.6) is 0 Å². The summed E-state index contributed by atoms with van der Waals surface area (Å²) < 4.78 is 18.8. The van der Waals surface area contributed by atoms with Crippen LogP contribution in [0.1, 0.15) is 17.0 Å². The molecule has 0 atom stereocenters. The monoisotopic (exact) mass is 371 g/mol. The summed E-state index contributed by atoms with van der Waals surface area (Å²) in [6, 6.07) is 14.5. The number of aryl methyl sites for hydroxylation is 1. The molecule has 0 saturated carbocycles. The van der Waals surface area contributed by atoms with Crippen LogP contribution in [0, 0.1) is 12.7 Å². The first-order valence-corrected chi connectivity index (χ1v) is 9.25. The number of rotatable bonds is 7. The van der Waals surface area contributed by atoms with Crippen molar-refractivity contribution < 1.29 is 13.7 Å². The van der Waals surface area contributed by atoms with E-state index in [1.54, 1.807) is 19.1 Å². The van der Waals surface area contributed by atoms with E-state index in [9.17, 15) is 9.18 Å².